The maximum Gasteiger partial charge on any atom is 0.341 e. The van der Waals surface area contributed by atoms with Gasteiger partial charge in [-0.25, -0.2) is 9.31 Å². The highest BCUT2D eigenvalue weighted by Gasteiger charge is 2.12. The van der Waals surface area contributed by atoms with Gasteiger partial charge in [-0.2, -0.15) is 5.10 Å². The second kappa shape index (κ2) is 3.73. The van der Waals surface area contributed by atoms with E-state index in [0.717, 1.165) is 11.9 Å². The Balaban J connectivity index is 2.57. The third kappa shape index (κ3) is 1.58. The molecule has 0 radical (unpaired) electrons. The van der Waals surface area contributed by atoms with Crippen molar-refractivity contribution in [1.82, 2.24) is 9.61 Å². The molecule has 2 heterocycles. The summed E-state index contributed by atoms with van der Waals surface area (Å²) >= 11 is 0. The molecule has 0 fully saturated rings. The molecule has 0 amide bonds. The SMILES string of the molecule is CCc1ccc2c(C(=O)OC)cnn2c1. The molecule has 2 rings (SSSR count). The maximum atomic E-state index is 11.4. The number of hydrogen-bond acceptors (Lipinski definition) is 3. The first kappa shape index (κ1) is 9.71. The van der Waals surface area contributed by atoms with Gasteiger partial charge in [0, 0.05) is 6.20 Å². The quantitative estimate of drug-likeness (QED) is 0.699. The fourth-order valence-corrected chi connectivity index (χ4v) is 1.50. The molecule has 0 spiro atoms. The van der Waals surface area contributed by atoms with Crippen molar-refractivity contribution in [2.45, 2.75) is 13.3 Å². The highest BCUT2D eigenvalue weighted by Crippen LogP contribution is 2.13. The van der Waals surface area contributed by atoms with E-state index in [1.54, 1.807) is 4.52 Å². The number of ether oxygens (including phenoxy) is 1. The van der Waals surface area contributed by atoms with Crippen LogP contribution in [-0.2, 0) is 11.2 Å². The van der Waals surface area contributed by atoms with Crippen molar-refractivity contribution in [3.8, 4) is 0 Å². The number of pyridine rings is 1. The topological polar surface area (TPSA) is 43.6 Å². The molecule has 0 unspecified atom stereocenters. The molecule has 0 aromatic carbocycles. The fourth-order valence-electron chi connectivity index (χ4n) is 1.50. The lowest BCUT2D eigenvalue weighted by Gasteiger charge is -1.99. The van der Waals surface area contributed by atoms with E-state index in [9.17, 15) is 4.79 Å². The van der Waals surface area contributed by atoms with Crippen LogP contribution in [0.4, 0.5) is 0 Å². The van der Waals surface area contributed by atoms with Gasteiger partial charge in [-0.3, -0.25) is 0 Å². The zero-order valence-corrected chi connectivity index (χ0v) is 8.73. The van der Waals surface area contributed by atoms with E-state index < -0.39 is 0 Å². The van der Waals surface area contributed by atoms with Crippen LogP contribution in [0, 0.1) is 0 Å². The Labute approximate surface area is 87.5 Å². The van der Waals surface area contributed by atoms with Gasteiger partial charge in [0.1, 0.15) is 5.56 Å². The summed E-state index contributed by atoms with van der Waals surface area (Å²) in [6.45, 7) is 2.08. The third-order valence-corrected chi connectivity index (χ3v) is 2.39. The van der Waals surface area contributed by atoms with Gasteiger partial charge in [-0.15, -0.1) is 0 Å². The van der Waals surface area contributed by atoms with Crippen molar-refractivity contribution in [2.24, 2.45) is 0 Å². The van der Waals surface area contributed by atoms with Crippen LogP contribution in [0.5, 0.6) is 0 Å². The Kier molecular flexibility index (Phi) is 2.41. The summed E-state index contributed by atoms with van der Waals surface area (Å²) < 4.78 is 6.37. The third-order valence-electron chi connectivity index (χ3n) is 2.39. The Bertz CT molecular complexity index is 502. The number of carbonyl (C=O) groups is 1. The molecule has 0 saturated heterocycles. The molecule has 0 aliphatic carbocycles. The Morgan fingerprint density at radius 1 is 1.53 bits per heavy atom. The molecule has 78 valence electrons. The number of carbonyl (C=O) groups excluding carboxylic acids is 1. The Hall–Kier alpha value is -1.84. The van der Waals surface area contributed by atoms with Gasteiger partial charge in [-0.1, -0.05) is 13.0 Å². The van der Waals surface area contributed by atoms with Crippen LogP contribution in [0.3, 0.4) is 0 Å². The second-order valence-corrected chi connectivity index (χ2v) is 3.27. The van der Waals surface area contributed by atoms with E-state index in [4.69, 9.17) is 0 Å². The molecule has 0 aliphatic rings. The standard InChI is InChI=1S/C11H12N2O2/c1-3-8-4-5-10-9(11(14)15-2)6-12-13(10)7-8/h4-7H,3H2,1-2H3. The first-order valence-electron chi connectivity index (χ1n) is 4.81. The van der Waals surface area contributed by atoms with E-state index in [1.807, 2.05) is 18.3 Å². The largest absolute Gasteiger partial charge is 0.465 e. The molecule has 0 N–H and O–H groups in total. The fraction of sp³-hybridized carbons (Fsp3) is 0.273. The van der Waals surface area contributed by atoms with Gasteiger partial charge in [0.15, 0.2) is 0 Å². The van der Waals surface area contributed by atoms with Gasteiger partial charge >= 0.3 is 5.97 Å². The molecule has 2 aromatic rings. The van der Waals surface area contributed by atoms with Gasteiger partial charge in [0.05, 0.1) is 18.8 Å². The number of aryl methyl sites for hydroxylation is 1. The van der Waals surface area contributed by atoms with Gasteiger partial charge in [0.2, 0.25) is 0 Å². The summed E-state index contributed by atoms with van der Waals surface area (Å²) in [4.78, 5) is 11.4. The normalized spacial score (nSPS) is 10.5. The molecule has 0 atom stereocenters. The van der Waals surface area contributed by atoms with Crippen molar-refractivity contribution in [2.75, 3.05) is 7.11 Å². The van der Waals surface area contributed by atoms with Gasteiger partial charge in [-0.05, 0) is 18.1 Å². The zero-order chi connectivity index (χ0) is 10.8. The lowest BCUT2D eigenvalue weighted by atomic mass is 10.2. The molecule has 2 aromatic heterocycles. The molecule has 4 heteroatoms. The lowest BCUT2D eigenvalue weighted by Crippen LogP contribution is -2.00. The molecular weight excluding hydrogens is 192 g/mol. The average Bonchev–Trinajstić information content (AvgIpc) is 2.70. The lowest BCUT2D eigenvalue weighted by molar-refractivity contribution is 0.0603. The second-order valence-electron chi connectivity index (χ2n) is 3.27. The smallest absolute Gasteiger partial charge is 0.341 e. The molecular formula is C11H12N2O2. The molecule has 0 bridgehead atoms. The summed E-state index contributed by atoms with van der Waals surface area (Å²) in [7, 11) is 1.37. The number of aromatic nitrogens is 2. The molecule has 4 nitrogen and oxygen atoms in total. The van der Waals surface area contributed by atoms with Crippen molar-refractivity contribution in [3.05, 3.63) is 35.7 Å². The Morgan fingerprint density at radius 3 is 3.00 bits per heavy atom. The van der Waals surface area contributed by atoms with E-state index in [0.29, 0.717) is 5.56 Å². The molecule has 0 saturated carbocycles. The van der Waals surface area contributed by atoms with E-state index in [-0.39, 0.29) is 5.97 Å². The number of hydrogen-bond donors (Lipinski definition) is 0. The highest BCUT2D eigenvalue weighted by molar-refractivity contribution is 5.96. The number of rotatable bonds is 2. The predicted molar refractivity (Wildman–Crippen MR) is 55.9 cm³/mol. The summed E-state index contributed by atoms with van der Waals surface area (Å²) in [6, 6.07) is 3.88. The number of methoxy groups -OCH3 is 1. The van der Waals surface area contributed by atoms with Crippen molar-refractivity contribution in [3.63, 3.8) is 0 Å². The van der Waals surface area contributed by atoms with Gasteiger partial charge < -0.3 is 4.74 Å². The highest BCUT2D eigenvalue weighted by atomic mass is 16.5. The van der Waals surface area contributed by atoms with Crippen LogP contribution in [0.2, 0.25) is 0 Å². The number of esters is 1. The van der Waals surface area contributed by atoms with Crippen LogP contribution in [-0.4, -0.2) is 22.7 Å². The van der Waals surface area contributed by atoms with Crippen LogP contribution >= 0.6 is 0 Å². The maximum absolute atomic E-state index is 11.4. The molecule has 0 aliphatic heterocycles. The van der Waals surface area contributed by atoms with Crippen LogP contribution in [0.1, 0.15) is 22.8 Å². The van der Waals surface area contributed by atoms with E-state index in [1.165, 1.54) is 18.9 Å². The van der Waals surface area contributed by atoms with E-state index in [2.05, 4.69) is 16.8 Å². The summed E-state index contributed by atoms with van der Waals surface area (Å²) in [6.07, 6.45) is 4.39. The van der Waals surface area contributed by atoms with E-state index >= 15 is 0 Å². The van der Waals surface area contributed by atoms with Crippen LogP contribution in [0.25, 0.3) is 5.52 Å². The minimum absolute atomic E-state index is 0.353. The number of nitrogens with zero attached hydrogens (tertiary/aromatic N) is 2. The van der Waals surface area contributed by atoms with Crippen LogP contribution < -0.4 is 0 Å². The zero-order valence-electron chi connectivity index (χ0n) is 8.73. The first-order chi connectivity index (χ1) is 7.26. The monoisotopic (exact) mass is 204 g/mol. The number of fused-ring (bicyclic) bond motifs is 1. The predicted octanol–water partition coefficient (Wildman–Crippen LogP) is 1.68. The van der Waals surface area contributed by atoms with Gasteiger partial charge in [0.25, 0.3) is 0 Å². The van der Waals surface area contributed by atoms with Crippen molar-refractivity contribution >= 4 is 11.5 Å². The van der Waals surface area contributed by atoms with Crippen molar-refractivity contribution in [1.29, 1.82) is 0 Å². The minimum Gasteiger partial charge on any atom is -0.465 e. The minimum atomic E-state index is -0.353. The van der Waals surface area contributed by atoms with Crippen molar-refractivity contribution < 1.29 is 9.53 Å². The Morgan fingerprint density at radius 2 is 2.33 bits per heavy atom. The summed E-state index contributed by atoms with van der Waals surface area (Å²) in [5, 5.41) is 4.11. The summed E-state index contributed by atoms with van der Waals surface area (Å²) in [5.74, 6) is -0.353. The first-order valence-corrected chi connectivity index (χ1v) is 4.81. The van der Waals surface area contributed by atoms with Crippen LogP contribution in [0.15, 0.2) is 24.5 Å². The molecule has 15 heavy (non-hydrogen) atoms. The average molecular weight is 204 g/mol. The summed E-state index contributed by atoms with van der Waals surface area (Å²) in [5.41, 5.74) is 2.46.